The van der Waals surface area contributed by atoms with Crippen LogP contribution in [0.25, 0.3) is 0 Å². The van der Waals surface area contributed by atoms with Crippen molar-refractivity contribution in [2.24, 2.45) is 0 Å². The third-order valence-corrected chi connectivity index (χ3v) is 3.55. The Balaban J connectivity index is 1.48. The van der Waals surface area contributed by atoms with E-state index in [9.17, 15) is 4.79 Å². The van der Waals surface area contributed by atoms with Crippen molar-refractivity contribution in [3.05, 3.63) is 59.4 Å². The molecular weight excluding hydrogens is 264 g/mol. The van der Waals surface area contributed by atoms with Gasteiger partial charge in [-0.2, -0.15) is 0 Å². The quantitative estimate of drug-likeness (QED) is 0.911. The van der Waals surface area contributed by atoms with Gasteiger partial charge in [-0.15, -0.1) is 0 Å². The largest absolute Gasteiger partial charge is 0.493 e. The number of fused-ring (bicyclic) bond motifs is 1. The number of rotatable bonds is 5. The second-order valence-corrected chi connectivity index (χ2v) is 5.14. The maximum Gasteiger partial charge on any atom is 0.224 e. The fraction of sp³-hybridized carbons (Fsp3) is 0.294. The molecule has 0 atom stereocenters. The first-order valence-electron chi connectivity index (χ1n) is 7.22. The van der Waals surface area contributed by atoms with Crippen molar-refractivity contribution in [2.45, 2.75) is 19.3 Å². The van der Waals surface area contributed by atoms with Crippen LogP contribution in [0.3, 0.4) is 0 Å². The zero-order chi connectivity index (χ0) is 14.5. The number of aromatic nitrogens is 1. The predicted molar refractivity (Wildman–Crippen MR) is 80.3 cm³/mol. The van der Waals surface area contributed by atoms with Crippen LogP contribution in [0.5, 0.6) is 5.75 Å². The molecule has 0 fully saturated rings. The van der Waals surface area contributed by atoms with E-state index in [0.717, 1.165) is 36.5 Å². The monoisotopic (exact) mass is 282 g/mol. The van der Waals surface area contributed by atoms with Crippen molar-refractivity contribution >= 4 is 5.91 Å². The van der Waals surface area contributed by atoms with Gasteiger partial charge >= 0.3 is 0 Å². The minimum absolute atomic E-state index is 0.0314. The smallest absolute Gasteiger partial charge is 0.224 e. The summed E-state index contributed by atoms with van der Waals surface area (Å²) in [5.74, 6) is 0.956. The number of carbonyl (C=O) groups excluding carboxylic acids is 1. The Kier molecular flexibility index (Phi) is 4.15. The Morgan fingerprint density at radius 3 is 3.10 bits per heavy atom. The second kappa shape index (κ2) is 6.39. The maximum atomic E-state index is 11.9. The Morgan fingerprint density at radius 2 is 2.24 bits per heavy atom. The average molecular weight is 282 g/mol. The first kappa shape index (κ1) is 13.6. The fourth-order valence-electron chi connectivity index (χ4n) is 2.44. The van der Waals surface area contributed by atoms with Gasteiger partial charge in [0.1, 0.15) is 5.75 Å². The first-order valence-corrected chi connectivity index (χ1v) is 7.22. The fourth-order valence-corrected chi connectivity index (χ4v) is 2.44. The van der Waals surface area contributed by atoms with E-state index in [1.54, 1.807) is 6.20 Å². The lowest BCUT2D eigenvalue weighted by molar-refractivity contribution is -0.120. The van der Waals surface area contributed by atoms with Crippen molar-refractivity contribution in [3.8, 4) is 5.75 Å². The van der Waals surface area contributed by atoms with Crippen LogP contribution in [0.2, 0.25) is 0 Å². The topological polar surface area (TPSA) is 51.2 Å². The number of pyridine rings is 1. The lowest BCUT2D eigenvalue weighted by atomic mass is 10.1. The predicted octanol–water partition coefficient (Wildman–Crippen LogP) is 1.92. The molecule has 1 aliphatic rings. The molecule has 2 aromatic rings. The van der Waals surface area contributed by atoms with Gasteiger partial charge in [-0.3, -0.25) is 9.78 Å². The molecule has 1 aliphatic heterocycles. The summed E-state index contributed by atoms with van der Waals surface area (Å²) >= 11 is 0. The third-order valence-electron chi connectivity index (χ3n) is 3.55. The lowest BCUT2D eigenvalue weighted by Gasteiger charge is -2.06. The number of amides is 1. The van der Waals surface area contributed by atoms with Crippen LogP contribution in [-0.4, -0.2) is 24.0 Å². The van der Waals surface area contributed by atoms with Gasteiger partial charge < -0.3 is 10.1 Å². The highest BCUT2D eigenvalue weighted by molar-refractivity contribution is 5.78. The van der Waals surface area contributed by atoms with E-state index in [1.165, 1.54) is 5.56 Å². The second-order valence-electron chi connectivity index (χ2n) is 5.14. The molecule has 3 rings (SSSR count). The van der Waals surface area contributed by atoms with Gasteiger partial charge in [-0.25, -0.2) is 0 Å². The highest BCUT2D eigenvalue weighted by Crippen LogP contribution is 2.26. The van der Waals surface area contributed by atoms with Crippen molar-refractivity contribution < 1.29 is 9.53 Å². The number of hydrogen-bond donors (Lipinski definition) is 1. The van der Waals surface area contributed by atoms with Crippen molar-refractivity contribution in [3.63, 3.8) is 0 Å². The Morgan fingerprint density at radius 1 is 1.29 bits per heavy atom. The zero-order valence-corrected chi connectivity index (χ0v) is 11.8. The maximum absolute atomic E-state index is 11.9. The summed E-state index contributed by atoms with van der Waals surface area (Å²) in [6, 6.07) is 11.8. The van der Waals surface area contributed by atoms with Crippen molar-refractivity contribution in [1.82, 2.24) is 10.3 Å². The molecule has 4 heteroatoms. The van der Waals surface area contributed by atoms with Crippen molar-refractivity contribution in [2.75, 3.05) is 13.2 Å². The molecule has 2 heterocycles. The van der Waals surface area contributed by atoms with Gasteiger partial charge in [0.15, 0.2) is 0 Å². The Hall–Kier alpha value is -2.36. The van der Waals surface area contributed by atoms with Crippen LogP contribution in [0.15, 0.2) is 42.6 Å². The van der Waals surface area contributed by atoms with E-state index in [2.05, 4.69) is 16.4 Å². The number of nitrogens with one attached hydrogen (secondary N) is 1. The minimum atomic E-state index is 0.0314. The third kappa shape index (κ3) is 3.60. The molecule has 1 amide bonds. The molecule has 0 saturated heterocycles. The number of ether oxygens (including phenoxy) is 1. The molecule has 1 aromatic heterocycles. The number of benzene rings is 1. The van der Waals surface area contributed by atoms with E-state index >= 15 is 0 Å². The number of carbonyl (C=O) groups is 1. The molecule has 1 aromatic carbocycles. The summed E-state index contributed by atoms with van der Waals surface area (Å²) in [7, 11) is 0. The molecule has 1 N–H and O–H groups in total. The Bertz CT molecular complexity index is 626. The van der Waals surface area contributed by atoms with Gasteiger partial charge in [0, 0.05) is 31.3 Å². The lowest BCUT2D eigenvalue weighted by Crippen LogP contribution is -2.27. The zero-order valence-electron chi connectivity index (χ0n) is 11.8. The minimum Gasteiger partial charge on any atom is -0.493 e. The van der Waals surface area contributed by atoms with Gasteiger partial charge in [-0.05, 0) is 29.3 Å². The molecule has 0 saturated carbocycles. The van der Waals surface area contributed by atoms with Crippen molar-refractivity contribution in [1.29, 1.82) is 0 Å². The average Bonchev–Trinajstić information content (AvgIpc) is 2.96. The SMILES string of the molecule is O=C(Cc1ccc2c(c1)OCC2)NCCc1ccccn1. The summed E-state index contributed by atoms with van der Waals surface area (Å²) in [4.78, 5) is 16.2. The van der Waals surface area contributed by atoms with Crippen LogP contribution >= 0.6 is 0 Å². The van der Waals surface area contributed by atoms with Gasteiger partial charge in [0.2, 0.25) is 5.91 Å². The normalized spacial score (nSPS) is 12.6. The van der Waals surface area contributed by atoms with E-state index in [1.807, 2.05) is 30.3 Å². The Labute approximate surface area is 124 Å². The highest BCUT2D eigenvalue weighted by Gasteiger charge is 2.13. The molecule has 21 heavy (non-hydrogen) atoms. The summed E-state index contributed by atoms with van der Waals surface area (Å²) in [6.45, 7) is 1.35. The van der Waals surface area contributed by atoms with E-state index in [-0.39, 0.29) is 5.91 Å². The van der Waals surface area contributed by atoms with Crippen LogP contribution < -0.4 is 10.1 Å². The van der Waals surface area contributed by atoms with Gasteiger partial charge in [0.25, 0.3) is 0 Å². The molecule has 0 bridgehead atoms. The van der Waals surface area contributed by atoms with Gasteiger partial charge in [-0.1, -0.05) is 18.2 Å². The van der Waals surface area contributed by atoms with E-state index in [4.69, 9.17) is 4.74 Å². The highest BCUT2D eigenvalue weighted by atomic mass is 16.5. The van der Waals surface area contributed by atoms with Crippen LogP contribution in [0, 0.1) is 0 Å². The van der Waals surface area contributed by atoms with Crippen LogP contribution in [-0.2, 0) is 24.1 Å². The summed E-state index contributed by atoms with van der Waals surface area (Å²) in [5, 5.41) is 2.93. The molecule has 4 nitrogen and oxygen atoms in total. The first-order chi connectivity index (χ1) is 10.3. The summed E-state index contributed by atoms with van der Waals surface area (Å²) in [5.41, 5.74) is 3.21. The number of nitrogens with zero attached hydrogens (tertiary/aromatic N) is 1. The molecule has 0 aliphatic carbocycles. The van der Waals surface area contributed by atoms with E-state index < -0.39 is 0 Å². The molecular formula is C17H18N2O2. The van der Waals surface area contributed by atoms with E-state index in [0.29, 0.717) is 13.0 Å². The van der Waals surface area contributed by atoms with Crippen LogP contribution in [0.4, 0.5) is 0 Å². The summed E-state index contributed by atoms with van der Waals surface area (Å²) < 4.78 is 5.52. The van der Waals surface area contributed by atoms with Crippen LogP contribution in [0.1, 0.15) is 16.8 Å². The number of hydrogen-bond acceptors (Lipinski definition) is 3. The molecule has 0 radical (unpaired) electrons. The standard InChI is InChI=1S/C17H18N2O2/c20-17(19-9-6-15-3-1-2-8-18-15)12-13-4-5-14-7-10-21-16(14)11-13/h1-5,8,11H,6-7,9-10,12H2,(H,19,20). The molecule has 0 spiro atoms. The summed E-state index contributed by atoms with van der Waals surface area (Å²) in [6.07, 6.45) is 3.87. The molecule has 108 valence electrons. The van der Waals surface area contributed by atoms with Gasteiger partial charge in [0.05, 0.1) is 13.0 Å². The molecule has 0 unspecified atom stereocenters.